The van der Waals surface area contributed by atoms with Crippen molar-refractivity contribution in [1.29, 1.82) is 5.26 Å². The molecule has 0 radical (unpaired) electrons. The van der Waals surface area contributed by atoms with E-state index in [4.69, 9.17) is 10.00 Å². The summed E-state index contributed by atoms with van der Waals surface area (Å²) in [4.78, 5) is 0. The molecule has 0 saturated heterocycles. The average Bonchev–Trinajstić information content (AvgIpc) is 2.83. The van der Waals surface area contributed by atoms with Gasteiger partial charge in [0.25, 0.3) is 0 Å². The largest absolute Gasteiger partial charge is 0.479 e. The first-order chi connectivity index (χ1) is 9.20. The van der Waals surface area contributed by atoms with Gasteiger partial charge in [0.15, 0.2) is 6.61 Å². The summed E-state index contributed by atoms with van der Waals surface area (Å²) in [6.07, 6.45) is 1.78. The van der Waals surface area contributed by atoms with Crippen LogP contribution in [0, 0.1) is 11.3 Å². The van der Waals surface area contributed by atoms with Crippen molar-refractivity contribution in [3.63, 3.8) is 0 Å². The third-order valence-electron chi connectivity index (χ3n) is 2.82. The summed E-state index contributed by atoms with van der Waals surface area (Å²) >= 11 is 0. The first-order valence-corrected chi connectivity index (χ1v) is 6.05. The summed E-state index contributed by atoms with van der Waals surface area (Å²) in [6, 6.07) is 11.6. The van der Waals surface area contributed by atoms with E-state index in [1.807, 2.05) is 48.1 Å². The molecule has 1 atom stereocenters. The maximum absolute atomic E-state index is 8.50. The van der Waals surface area contributed by atoms with Crippen molar-refractivity contribution >= 4 is 5.69 Å². The van der Waals surface area contributed by atoms with E-state index in [1.165, 1.54) is 0 Å². The highest BCUT2D eigenvalue weighted by atomic mass is 16.5. The molecule has 0 saturated carbocycles. The Labute approximate surface area is 112 Å². The van der Waals surface area contributed by atoms with Crippen molar-refractivity contribution in [2.24, 2.45) is 7.05 Å². The Balaban J connectivity index is 2.07. The second-order valence-corrected chi connectivity index (χ2v) is 4.22. The maximum atomic E-state index is 8.50. The number of benzene rings is 1. The number of aromatic nitrogens is 2. The Morgan fingerprint density at radius 1 is 1.47 bits per heavy atom. The number of anilines is 1. The van der Waals surface area contributed by atoms with Gasteiger partial charge in [0.2, 0.25) is 0 Å². The van der Waals surface area contributed by atoms with Crippen molar-refractivity contribution in [3.05, 3.63) is 42.2 Å². The molecular formula is C14H16N4O. The normalized spacial score (nSPS) is 11.6. The van der Waals surface area contributed by atoms with Gasteiger partial charge in [-0.05, 0) is 25.1 Å². The molecule has 1 heterocycles. The number of hydrogen-bond donors (Lipinski definition) is 1. The second kappa shape index (κ2) is 5.91. The predicted molar refractivity (Wildman–Crippen MR) is 72.8 cm³/mol. The van der Waals surface area contributed by atoms with Crippen LogP contribution in [0.5, 0.6) is 5.75 Å². The van der Waals surface area contributed by atoms with Crippen LogP contribution in [-0.4, -0.2) is 16.4 Å². The molecule has 2 aromatic rings. The molecule has 1 unspecified atom stereocenters. The molecule has 19 heavy (non-hydrogen) atoms. The number of nitrogens with one attached hydrogen (secondary N) is 1. The molecule has 0 spiro atoms. The summed E-state index contributed by atoms with van der Waals surface area (Å²) in [5.74, 6) is 0.684. The fourth-order valence-electron chi connectivity index (χ4n) is 1.92. The summed E-state index contributed by atoms with van der Waals surface area (Å²) in [5, 5.41) is 16.0. The third kappa shape index (κ3) is 3.26. The summed E-state index contributed by atoms with van der Waals surface area (Å²) in [6.45, 7) is 2.13. The fraction of sp³-hybridized carbons (Fsp3) is 0.286. The smallest absolute Gasteiger partial charge is 0.174 e. The molecule has 0 bridgehead atoms. The minimum absolute atomic E-state index is 0.0563. The highest BCUT2D eigenvalue weighted by Gasteiger charge is 2.09. The third-order valence-corrected chi connectivity index (χ3v) is 2.82. The van der Waals surface area contributed by atoms with Crippen LogP contribution < -0.4 is 10.1 Å². The number of nitrogens with zero attached hydrogens (tertiary/aromatic N) is 3. The molecule has 5 nitrogen and oxygen atoms in total. The fourth-order valence-corrected chi connectivity index (χ4v) is 1.92. The van der Waals surface area contributed by atoms with Crippen molar-refractivity contribution < 1.29 is 4.74 Å². The zero-order valence-corrected chi connectivity index (χ0v) is 11.0. The molecular weight excluding hydrogens is 240 g/mol. The van der Waals surface area contributed by atoms with E-state index < -0.39 is 0 Å². The molecule has 0 aliphatic carbocycles. The molecule has 1 aromatic heterocycles. The zero-order valence-electron chi connectivity index (χ0n) is 11.0. The Morgan fingerprint density at radius 2 is 2.32 bits per heavy atom. The lowest BCUT2D eigenvalue weighted by atomic mass is 10.2. The Morgan fingerprint density at radius 3 is 3.00 bits per heavy atom. The van der Waals surface area contributed by atoms with E-state index in [9.17, 15) is 0 Å². The minimum Gasteiger partial charge on any atom is -0.479 e. The van der Waals surface area contributed by atoms with E-state index in [2.05, 4.69) is 17.3 Å². The van der Waals surface area contributed by atoms with Gasteiger partial charge in [0, 0.05) is 25.0 Å². The van der Waals surface area contributed by atoms with Crippen LogP contribution in [0.15, 0.2) is 36.5 Å². The van der Waals surface area contributed by atoms with Crippen molar-refractivity contribution in [2.75, 3.05) is 11.9 Å². The lowest BCUT2D eigenvalue weighted by molar-refractivity contribution is 0.368. The zero-order chi connectivity index (χ0) is 13.7. The van der Waals surface area contributed by atoms with Gasteiger partial charge in [-0.2, -0.15) is 10.4 Å². The molecule has 0 aliphatic heterocycles. The Kier molecular flexibility index (Phi) is 4.04. The highest BCUT2D eigenvalue weighted by Crippen LogP contribution is 2.22. The average molecular weight is 256 g/mol. The molecule has 1 N–H and O–H groups in total. The summed E-state index contributed by atoms with van der Waals surface area (Å²) in [7, 11) is 1.92. The van der Waals surface area contributed by atoms with Gasteiger partial charge in [0.05, 0.1) is 11.7 Å². The van der Waals surface area contributed by atoms with Crippen LogP contribution in [0.3, 0.4) is 0 Å². The lowest BCUT2D eigenvalue weighted by Crippen LogP contribution is -2.11. The number of hydrogen-bond acceptors (Lipinski definition) is 4. The van der Waals surface area contributed by atoms with E-state index >= 15 is 0 Å². The first-order valence-electron chi connectivity index (χ1n) is 6.05. The lowest BCUT2D eigenvalue weighted by Gasteiger charge is -2.16. The second-order valence-electron chi connectivity index (χ2n) is 4.22. The Bertz CT molecular complexity index is 585. The van der Waals surface area contributed by atoms with E-state index in [1.54, 1.807) is 6.20 Å². The van der Waals surface area contributed by atoms with Crippen LogP contribution in [0.25, 0.3) is 0 Å². The van der Waals surface area contributed by atoms with Crippen LogP contribution in [0.1, 0.15) is 18.7 Å². The van der Waals surface area contributed by atoms with Gasteiger partial charge in [-0.3, -0.25) is 4.68 Å². The van der Waals surface area contributed by atoms with Gasteiger partial charge in [-0.15, -0.1) is 0 Å². The molecule has 5 heteroatoms. The van der Waals surface area contributed by atoms with Crippen LogP contribution in [-0.2, 0) is 7.05 Å². The van der Waals surface area contributed by atoms with Gasteiger partial charge in [-0.25, -0.2) is 0 Å². The van der Waals surface area contributed by atoms with E-state index in [0.29, 0.717) is 5.75 Å². The molecule has 98 valence electrons. The number of rotatable bonds is 5. The maximum Gasteiger partial charge on any atom is 0.174 e. The van der Waals surface area contributed by atoms with E-state index in [0.717, 1.165) is 11.4 Å². The van der Waals surface area contributed by atoms with Crippen molar-refractivity contribution in [1.82, 2.24) is 9.78 Å². The van der Waals surface area contributed by atoms with Gasteiger partial charge >= 0.3 is 0 Å². The molecule has 0 aliphatic rings. The van der Waals surface area contributed by atoms with Crippen LogP contribution in [0.4, 0.5) is 5.69 Å². The quantitative estimate of drug-likeness (QED) is 0.892. The van der Waals surface area contributed by atoms with Crippen LogP contribution in [0.2, 0.25) is 0 Å². The van der Waals surface area contributed by atoms with Crippen molar-refractivity contribution in [2.45, 2.75) is 13.0 Å². The first kappa shape index (κ1) is 13.0. The molecule has 1 aromatic carbocycles. The van der Waals surface area contributed by atoms with Crippen LogP contribution >= 0.6 is 0 Å². The number of nitriles is 1. The van der Waals surface area contributed by atoms with E-state index in [-0.39, 0.29) is 12.6 Å². The molecule has 0 amide bonds. The number of ether oxygens (including phenoxy) is 1. The monoisotopic (exact) mass is 256 g/mol. The highest BCUT2D eigenvalue weighted by molar-refractivity contribution is 5.49. The summed E-state index contributed by atoms with van der Waals surface area (Å²) < 4.78 is 7.11. The predicted octanol–water partition coefficient (Wildman–Crippen LogP) is 2.50. The molecule has 0 fully saturated rings. The van der Waals surface area contributed by atoms with Gasteiger partial charge in [-0.1, -0.05) is 6.07 Å². The number of aryl methyl sites for hydroxylation is 1. The standard InChI is InChI=1S/C14H16N4O/c1-11(14-6-8-16-18(14)2)17-12-4-3-5-13(10-12)19-9-7-15/h3-6,8,10-11,17H,9H2,1-2H3. The SMILES string of the molecule is CC(Nc1cccc(OCC#N)c1)c1ccnn1C. The van der Waals surface area contributed by atoms with Gasteiger partial charge < -0.3 is 10.1 Å². The topological polar surface area (TPSA) is 62.9 Å². The molecule has 2 rings (SSSR count). The van der Waals surface area contributed by atoms with Crippen molar-refractivity contribution in [3.8, 4) is 11.8 Å². The Hall–Kier alpha value is -2.48. The van der Waals surface area contributed by atoms with Gasteiger partial charge in [0.1, 0.15) is 11.8 Å². The summed E-state index contributed by atoms with van der Waals surface area (Å²) in [5.41, 5.74) is 2.05. The minimum atomic E-state index is 0.0563.